The summed E-state index contributed by atoms with van der Waals surface area (Å²) in [6, 6.07) is 12.6. The summed E-state index contributed by atoms with van der Waals surface area (Å²) in [6.45, 7) is 0. The topological polar surface area (TPSA) is 68.0 Å². The molecule has 5 heteroatoms. The van der Waals surface area contributed by atoms with Crippen LogP contribution in [0.5, 0.6) is 0 Å². The van der Waals surface area contributed by atoms with Gasteiger partial charge in [0.2, 0.25) is 5.91 Å². The number of carbonyl (C=O) groups is 1. The van der Waals surface area contributed by atoms with Gasteiger partial charge in [-0.25, -0.2) is 0 Å². The van der Waals surface area contributed by atoms with E-state index in [9.17, 15) is 4.79 Å². The van der Waals surface area contributed by atoms with Crippen LogP contribution in [0.1, 0.15) is 11.5 Å². The molecular weight excluding hydrogens is 258 g/mol. The van der Waals surface area contributed by atoms with E-state index in [2.05, 4.69) is 10.3 Å². The molecule has 0 radical (unpaired) electrons. The molecule has 0 fully saturated rings. The lowest BCUT2D eigenvalue weighted by Gasteiger charge is -2.15. The van der Waals surface area contributed by atoms with Crippen LogP contribution in [0.3, 0.4) is 0 Å². The van der Waals surface area contributed by atoms with Crippen LogP contribution >= 0.6 is 12.2 Å². The Morgan fingerprint density at radius 2 is 1.79 bits per heavy atom. The fourth-order valence-electron chi connectivity index (χ4n) is 1.74. The third-order valence-electron chi connectivity index (χ3n) is 2.63. The van der Waals surface area contributed by atoms with Gasteiger partial charge in [0.25, 0.3) is 0 Å². The quantitative estimate of drug-likeness (QED) is 0.836. The Bertz CT molecular complexity index is 572. The van der Waals surface area contributed by atoms with Gasteiger partial charge in [-0.3, -0.25) is 9.78 Å². The summed E-state index contributed by atoms with van der Waals surface area (Å²) in [6.07, 6.45) is 3.21. The predicted molar refractivity (Wildman–Crippen MR) is 78.8 cm³/mol. The van der Waals surface area contributed by atoms with Gasteiger partial charge in [-0.05, 0) is 17.7 Å². The lowest BCUT2D eigenvalue weighted by Crippen LogP contribution is -2.31. The highest BCUT2D eigenvalue weighted by Gasteiger charge is 2.23. The van der Waals surface area contributed by atoms with E-state index in [1.807, 2.05) is 30.3 Å². The molecule has 19 heavy (non-hydrogen) atoms. The van der Waals surface area contributed by atoms with Crippen molar-refractivity contribution in [1.82, 2.24) is 4.98 Å². The Morgan fingerprint density at radius 1 is 1.16 bits per heavy atom. The van der Waals surface area contributed by atoms with Crippen LogP contribution in [0, 0.1) is 0 Å². The number of pyridine rings is 1. The first-order valence-electron chi connectivity index (χ1n) is 5.73. The van der Waals surface area contributed by atoms with Gasteiger partial charge >= 0.3 is 0 Å². The van der Waals surface area contributed by atoms with Crippen LogP contribution in [0.25, 0.3) is 0 Å². The molecule has 1 atom stereocenters. The van der Waals surface area contributed by atoms with Gasteiger partial charge in [0.1, 0.15) is 5.92 Å². The number of hydrogen-bond acceptors (Lipinski definition) is 3. The van der Waals surface area contributed by atoms with Gasteiger partial charge in [-0.1, -0.05) is 42.5 Å². The zero-order valence-corrected chi connectivity index (χ0v) is 10.9. The first-order valence-corrected chi connectivity index (χ1v) is 6.14. The van der Waals surface area contributed by atoms with Gasteiger partial charge < -0.3 is 11.1 Å². The van der Waals surface area contributed by atoms with Crippen molar-refractivity contribution in [3.8, 4) is 0 Å². The summed E-state index contributed by atoms with van der Waals surface area (Å²) >= 11 is 5.00. The minimum absolute atomic E-state index is 0.151. The van der Waals surface area contributed by atoms with Crippen molar-refractivity contribution in [3.63, 3.8) is 0 Å². The lowest BCUT2D eigenvalue weighted by molar-refractivity contribution is -0.116. The summed E-state index contributed by atoms with van der Waals surface area (Å²) in [5.41, 5.74) is 7.12. The maximum Gasteiger partial charge on any atom is 0.238 e. The zero-order chi connectivity index (χ0) is 13.7. The Balaban J connectivity index is 2.21. The normalized spacial score (nSPS) is 11.6. The van der Waals surface area contributed by atoms with Crippen LogP contribution < -0.4 is 11.1 Å². The molecular formula is C14H13N3OS. The van der Waals surface area contributed by atoms with Gasteiger partial charge in [0, 0.05) is 18.1 Å². The minimum Gasteiger partial charge on any atom is -0.392 e. The number of thiocarbonyl (C=S) groups is 1. The van der Waals surface area contributed by atoms with Crippen molar-refractivity contribution in [1.29, 1.82) is 0 Å². The number of rotatable bonds is 4. The van der Waals surface area contributed by atoms with Crippen LogP contribution in [-0.4, -0.2) is 15.9 Å². The second kappa shape index (κ2) is 6.06. The molecule has 1 unspecified atom stereocenters. The van der Waals surface area contributed by atoms with E-state index in [0.717, 1.165) is 5.56 Å². The van der Waals surface area contributed by atoms with Gasteiger partial charge in [0.15, 0.2) is 0 Å². The highest BCUT2D eigenvalue weighted by atomic mass is 32.1. The maximum absolute atomic E-state index is 12.3. The summed E-state index contributed by atoms with van der Waals surface area (Å²) < 4.78 is 0. The monoisotopic (exact) mass is 271 g/mol. The summed E-state index contributed by atoms with van der Waals surface area (Å²) in [5.74, 6) is -0.880. The Hall–Kier alpha value is -2.27. The van der Waals surface area contributed by atoms with Crippen LogP contribution in [0.2, 0.25) is 0 Å². The second-order valence-corrected chi connectivity index (χ2v) is 4.44. The molecule has 0 spiro atoms. The largest absolute Gasteiger partial charge is 0.392 e. The molecule has 0 bridgehead atoms. The van der Waals surface area contributed by atoms with Crippen molar-refractivity contribution < 1.29 is 4.79 Å². The number of nitrogens with one attached hydrogen (secondary N) is 1. The summed E-state index contributed by atoms with van der Waals surface area (Å²) in [7, 11) is 0. The van der Waals surface area contributed by atoms with Crippen molar-refractivity contribution >= 4 is 28.8 Å². The van der Waals surface area contributed by atoms with Crippen LogP contribution in [0.15, 0.2) is 54.9 Å². The summed E-state index contributed by atoms with van der Waals surface area (Å²) in [4.78, 5) is 16.3. The first-order chi connectivity index (χ1) is 9.18. The number of carbonyl (C=O) groups excluding carboxylic acids is 1. The van der Waals surface area contributed by atoms with Gasteiger partial charge in [0.05, 0.1) is 4.99 Å². The molecule has 2 aromatic rings. The Kier molecular flexibility index (Phi) is 4.20. The number of aromatic nitrogens is 1. The molecule has 0 saturated heterocycles. The first kappa shape index (κ1) is 13.2. The van der Waals surface area contributed by atoms with Crippen molar-refractivity contribution in [2.24, 2.45) is 5.73 Å². The molecule has 0 saturated carbocycles. The molecule has 4 nitrogen and oxygen atoms in total. The Labute approximate surface area is 116 Å². The highest BCUT2D eigenvalue weighted by Crippen LogP contribution is 2.18. The maximum atomic E-state index is 12.3. The molecule has 0 aliphatic carbocycles. The average molecular weight is 271 g/mol. The number of amides is 1. The lowest BCUT2D eigenvalue weighted by atomic mass is 9.98. The molecule has 1 aromatic carbocycles. The van der Waals surface area contributed by atoms with E-state index in [0.29, 0.717) is 5.69 Å². The Morgan fingerprint density at radius 3 is 2.37 bits per heavy atom. The molecule has 1 aromatic heterocycles. The molecule has 2 rings (SSSR count). The van der Waals surface area contributed by atoms with Crippen molar-refractivity contribution in [3.05, 3.63) is 60.4 Å². The summed E-state index contributed by atoms with van der Waals surface area (Å²) in [5, 5.41) is 2.78. The number of nitrogens with zero attached hydrogens (tertiary/aromatic N) is 1. The van der Waals surface area contributed by atoms with E-state index in [-0.39, 0.29) is 10.9 Å². The second-order valence-electron chi connectivity index (χ2n) is 3.97. The third kappa shape index (κ3) is 3.35. The minimum atomic E-state index is -0.635. The number of benzene rings is 1. The molecule has 1 amide bonds. The van der Waals surface area contributed by atoms with Crippen molar-refractivity contribution in [2.45, 2.75) is 5.92 Å². The van der Waals surface area contributed by atoms with E-state index in [1.54, 1.807) is 24.5 Å². The average Bonchev–Trinajstić information content (AvgIpc) is 2.40. The molecule has 0 aliphatic rings. The van der Waals surface area contributed by atoms with Crippen LogP contribution in [-0.2, 0) is 4.79 Å². The standard InChI is InChI=1S/C14H13N3OS/c15-13(19)12(10-4-2-1-3-5-10)14(18)17-11-6-8-16-9-7-11/h1-9,12H,(H2,15,19)(H,16,17,18). The third-order valence-corrected chi connectivity index (χ3v) is 2.86. The molecule has 0 aliphatic heterocycles. The van der Waals surface area contributed by atoms with E-state index in [1.165, 1.54) is 0 Å². The molecule has 3 N–H and O–H groups in total. The zero-order valence-electron chi connectivity index (χ0n) is 10.1. The highest BCUT2D eigenvalue weighted by molar-refractivity contribution is 7.80. The number of hydrogen-bond donors (Lipinski definition) is 2. The fraction of sp³-hybridized carbons (Fsp3) is 0.0714. The smallest absolute Gasteiger partial charge is 0.238 e. The van der Waals surface area contributed by atoms with Gasteiger partial charge in [-0.15, -0.1) is 0 Å². The van der Waals surface area contributed by atoms with Crippen molar-refractivity contribution in [2.75, 3.05) is 5.32 Å². The fourth-order valence-corrected chi connectivity index (χ4v) is 1.98. The number of anilines is 1. The van der Waals surface area contributed by atoms with E-state index < -0.39 is 5.92 Å². The molecule has 96 valence electrons. The predicted octanol–water partition coefficient (Wildman–Crippen LogP) is 2.09. The van der Waals surface area contributed by atoms with Crippen LogP contribution in [0.4, 0.5) is 5.69 Å². The van der Waals surface area contributed by atoms with Gasteiger partial charge in [-0.2, -0.15) is 0 Å². The molecule has 1 heterocycles. The van der Waals surface area contributed by atoms with E-state index >= 15 is 0 Å². The van der Waals surface area contributed by atoms with E-state index in [4.69, 9.17) is 18.0 Å². The SMILES string of the molecule is NC(=S)C(C(=O)Nc1ccncc1)c1ccccc1. The number of nitrogens with two attached hydrogens (primary N) is 1.